The molecule has 5 nitrogen and oxygen atoms in total. The van der Waals surface area contributed by atoms with Gasteiger partial charge >= 0.3 is 0 Å². The van der Waals surface area contributed by atoms with Crippen molar-refractivity contribution in [2.45, 2.75) is 6.42 Å². The molecule has 1 saturated heterocycles. The lowest BCUT2D eigenvalue weighted by atomic mass is 10.1. The Kier molecular flexibility index (Phi) is 5.63. The molecule has 0 radical (unpaired) electrons. The number of anilines is 1. The first-order valence-electron chi connectivity index (χ1n) is 9.38. The molecule has 0 saturated carbocycles. The van der Waals surface area contributed by atoms with Crippen LogP contribution < -0.4 is 4.90 Å². The molecule has 1 fully saturated rings. The number of nitrogens with zero attached hydrogens (tertiary/aromatic N) is 3. The first-order chi connectivity index (χ1) is 13.5. The molecule has 2 aliphatic rings. The van der Waals surface area contributed by atoms with Crippen LogP contribution in [0.25, 0.3) is 0 Å². The van der Waals surface area contributed by atoms with Crippen molar-refractivity contribution < 1.29 is 14.0 Å². The van der Waals surface area contributed by atoms with Crippen molar-refractivity contribution in [2.24, 2.45) is 0 Å². The molecule has 2 aliphatic heterocycles. The lowest BCUT2D eigenvalue weighted by Crippen LogP contribution is -2.51. The van der Waals surface area contributed by atoms with Gasteiger partial charge in [0.1, 0.15) is 5.82 Å². The van der Waals surface area contributed by atoms with Crippen molar-refractivity contribution in [3.8, 4) is 0 Å². The van der Waals surface area contributed by atoms with Crippen molar-refractivity contribution >= 4 is 40.1 Å². The van der Waals surface area contributed by atoms with Crippen molar-refractivity contribution in [1.82, 2.24) is 9.80 Å². The van der Waals surface area contributed by atoms with E-state index in [1.54, 1.807) is 11.0 Å². The summed E-state index contributed by atoms with van der Waals surface area (Å²) < 4.78 is 13.9. The van der Waals surface area contributed by atoms with Crippen molar-refractivity contribution in [1.29, 1.82) is 0 Å². The zero-order chi connectivity index (χ0) is 19.7. The zero-order valence-corrected chi connectivity index (χ0v) is 17.6. The normalized spacial score (nSPS) is 16.9. The molecule has 2 heterocycles. The molecule has 0 aliphatic carbocycles. The minimum atomic E-state index is -0.340. The van der Waals surface area contributed by atoms with Gasteiger partial charge in [0.25, 0.3) is 5.91 Å². The molecule has 0 unspecified atom stereocenters. The summed E-state index contributed by atoms with van der Waals surface area (Å²) in [5, 5.41) is 0. The fourth-order valence-corrected chi connectivity index (χ4v) is 4.52. The SMILES string of the molecule is O=C(c1ccc(F)cc1I)N1CCN(CC(=O)N2CCc3ccccc32)CC1. The lowest BCUT2D eigenvalue weighted by molar-refractivity contribution is -0.120. The molecular weight excluding hydrogens is 472 g/mol. The Morgan fingerprint density at radius 3 is 2.50 bits per heavy atom. The molecule has 7 heteroatoms. The molecule has 2 amide bonds. The minimum absolute atomic E-state index is 0.0798. The van der Waals surface area contributed by atoms with Gasteiger partial charge in [-0.1, -0.05) is 18.2 Å². The summed E-state index contributed by atoms with van der Waals surface area (Å²) in [5.41, 5.74) is 2.77. The molecule has 2 aromatic rings. The van der Waals surface area contributed by atoms with Gasteiger partial charge in [0, 0.05) is 42.0 Å². The van der Waals surface area contributed by atoms with Crippen molar-refractivity contribution in [2.75, 3.05) is 44.2 Å². The van der Waals surface area contributed by atoms with Gasteiger partial charge in [-0.2, -0.15) is 0 Å². The number of piperazine rings is 1. The standard InChI is InChI=1S/C21H21FIN3O2/c22-16-5-6-17(18(23)13-16)21(28)25-11-9-24(10-12-25)14-20(27)26-8-7-15-3-1-2-4-19(15)26/h1-6,13H,7-12,14H2. The minimum Gasteiger partial charge on any atom is -0.336 e. The number of halogens is 2. The first-order valence-corrected chi connectivity index (χ1v) is 10.5. The van der Waals surface area contributed by atoms with Crippen LogP contribution in [0.5, 0.6) is 0 Å². The number of fused-ring (bicyclic) bond motifs is 1. The van der Waals surface area contributed by atoms with Gasteiger partial charge in [0.15, 0.2) is 0 Å². The zero-order valence-electron chi connectivity index (χ0n) is 15.4. The average Bonchev–Trinajstić information content (AvgIpc) is 3.12. The summed E-state index contributed by atoms with van der Waals surface area (Å²) in [7, 11) is 0. The summed E-state index contributed by atoms with van der Waals surface area (Å²) in [6.07, 6.45) is 0.903. The van der Waals surface area contributed by atoms with Crippen LogP contribution in [-0.4, -0.2) is 60.9 Å². The van der Waals surface area contributed by atoms with Crippen LogP contribution in [-0.2, 0) is 11.2 Å². The van der Waals surface area contributed by atoms with Gasteiger partial charge in [-0.25, -0.2) is 4.39 Å². The second-order valence-corrected chi connectivity index (χ2v) is 8.28. The summed E-state index contributed by atoms with van der Waals surface area (Å²) >= 11 is 1.99. The highest BCUT2D eigenvalue weighted by molar-refractivity contribution is 14.1. The number of hydrogen-bond donors (Lipinski definition) is 0. The summed E-state index contributed by atoms with van der Waals surface area (Å²) in [6, 6.07) is 12.3. The Labute approximate surface area is 177 Å². The third-order valence-electron chi connectivity index (χ3n) is 5.37. The Morgan fingerprint density at radius 2 is 1.75 bits per heavy atom. The van der Waals surface area contributed by atoms with Crippen LogP contribution >= 0.6 is 22.6 Å². The maximum atomic E-state index is 13.3. The number of carbonyl (C=O) groups excluding carboxylic acids is 2. The topological polar surface area (TPSA) is 43.9 Å². The molecule has 0 aromatic heterocycles. The monoisotopic (exact) mass is 493 g/mol. The largest absolute Gasteiger partial charge is 0.336 e. The highest BCUT2D eigenvalue weighted by Crippen LogP contribution is 2.27. The molecule has 146 valence electrons. The van der Waals surface area contributed by atoms with Crippen LogP contribution in [0.4, 0.5) is 10.1 Å². The average molecular weight is 493 g/mol. The van der Waals surface area contributed by atoms with E-state index >= 15 is 0 Å². The van der Waals surface area contributed by atoms with E-state index in [-0.39, 0.29) is 17.6 Å². The third-order valence-corrected chi connectivity index (χ3v) is 6.26. The highest BCUT2D eigenvalue weighted by atomic mass is 127. The van der Waals surface area contributed by atoms with E-state index in [0.29, 0.717) is 41.9 Å². The number of rotatable bonds is 3. The lowest BCUT2D eigenvalue weighted by Gasteiger charge is -2.35. The predicted molar refractivity (Wildman–Crippen MR) is 114 cm³/mol. The van der Waals surface area contributed by atoms with E-state index in [1.807, 2.05) is 45.7 Å². The van der Waals surface area contributed by atoms with Gasteiger partial charge in [0.2, 0.25) is 5.91 Å². The number of amides is 2. The van der Waals surface area contributed by atoms with Crippen LogP contribution in [0.15, 0.2) is 42.5 Å². The number of benzene rings is 2. The molecule has 0 atom stereocenters. The summed E-state index contributed by atoms with van der Waals surface area (Å²) in [4.78, 5) is 31.2. The Bertz CT molecular complexity index is 912. The molecular formula is C21H21FIN3O2. The Morgan fingerprint density at radius 1 is 1.00 bits per heavy atom. The van der Waals surface area contributed by atoms with Crippen LogP contribution in [0.1, 0.15) is 15.9 Å². The smallest absolute Gasteiger partial charge is 0.255 e. The van der Waals surface area contributed by atoms with E-state index < -0.39 is 0 Å². The quantitative estimate of drug-likeness (QED) is 0.618. The van der Waals surface area contributed by atoms with Gasteiger partial charge in [0.05, 0.1) is 12.1 Å². The summed E-state index contributed by atoms with van der Waals surface area (Å²) in [6.45, 7) is 3.55. The number of carbonyl (C=O) groups is 2. The van der Waals surface area contributed by atoms with Crippen molar-refractivity contribution in [3.63, 3.8) is 0 Å². The van der Waals surface area contributed by atoms with Gasteiger partial charge in [-0.3, -0.25) is 14.5 Å². The fraction of sp³-hybridized carbons (Fsp3) is 0.333. The van der Waals surface area contributed by atoms with E-state index in [0.717, 1.165) is 18.7 Å². The summed E-state index contributed by atoms with van der Waals surface area (Å²) in [5.74, 6) is -0.311. The molecule has 0 N–H and O–H groups in total. The first kappa shape index (κ1) is 19.3. The third kappa shape index (κ3) is 3.91. The van der Waals surface area contributed by atoms with E-state index in [1.165, 1.54) is 17.7 Å². The number of hydrogen-bond acceptors (Lipinski definition) is 3. The van der Waals surface area contributed by atoms with Gasteiger partial charge in [-0.05, 0) is 58.8 Å². The van der Waals surface area contributed by atoms with E-state index in [9.17, 15) is 14.0 Å². The second-order valence-electron chi connectivity index (χ2n) is 7.12. The fourth-order valence-electron chi connectivity index (χ4n) is 3.82. The maximum Gasteiger partial charge on any atom is 0.255 e. The molecule has 0 bridgehead atoms. The maximum absolute atomic E-state index is 13.3. The van der Waals surface area contributed by atoms with Crippen LogP contribution in [0.3, 0.4) is 0 Å². The Hall–Kier alpha value is -2.00. The molecule has 4 rings (SSSR count). The van der Waals surface area contributed by atoms with Gasteiger partial charge in [-0.15, -0.1) is 0 Å². The van der Waals surface area contributed by atoms with Crippen molar-refractivity contribution in [3.05, 3.63) is 63.0 Å². The predicted octanol–water partition coefficient (Wildman–Crippen LogP) is 2.78. The molecule has 0 spiro atoms. The van der Waals surface area contributed by atoms with E-state index in [2.05, 4.69) is 11.0 Å². The second kappa shape index (κ2) is 8.16. The highest BCUT2D eigenvalue weighted by Gasteiger charge is 2.28. The molecule has 28 heavy (non-hydrogen) atoms. The van der Waals surface area contributed by atoms with Crippen LogP contribution in [0, 0.1) is 9.39 Å². The van der Waals surface area contributed by atoms with Gasteiger partial charge < -0.3 is 9.80 Å². The van der Waals surface area contributed by atoms with Crippen LogP contribution in [0.2, 0.25) is 0 Å². The van der Waals surface area contributed by atoms with E-state index in [4.69, 9.17) is 0 Å². The molecule has 2 aromatic carbocycles. The Balaban J connectivity index is 1.33. The number of para-hydroxylation sites is 1.